The van der Waals surface area contributed by atoms with Gasteiger partial charge in [0.05, 0.1) is 21.6 Å². The Balaban J connectivity index is 2.30. The summed E-state index contributed by atoms with van der Waals surface area (Å²) in [4.78, 5) is 10.5. The molecule has 19 heavy (non-hydrogen) atoms. The minimum absolute atomic E-state index is 0.0806. The van der Waals surface area contributed by atoms with Gasteiger partial charge in [0.15, 0.2) is 5.75 Å². The minimum Gasteiger partial charge on any atom is -0.483 e. The van der Waals surface area contributed by atoms with Crippen molar-refractivity contribution in [2.75, 3.05) is 0 Å². The highest BCUT2D eigenvalue weighted by molar-refractivity contribution is 6.32. The summed E-state index contributed by atoms with van der Waals surface area (Å²) in [5, 5.41) is 20.0. The van der Waals surface area contributed by atoms with E-state index in [1.54, 1.807) is 0 Å². The van der Waals surface area contributed by atoms with Gasteiger partial charge in [-0.05, 0) is 25.7 Å². The zero-order valence-corrected chi connectivity index (χ0v) is 11.2. The number of benzene rings is 1. The van der Waals surface area contributed by atoms with E-state index in [2.05, 4.69) is 0 Å². The predicted octanol–water partition coefficient (Wildman–Crippen LogP) is 3.69. The van der Waals surface area contributed by atoms with Crippen molar-refractivity contribution in [3.05, 3.63) is 32.8 Å². The maximum absolute atomic E-state index is 11.0. The van der Waals surface area contributed by atoms with Gasteiger partial charge in [-0.1, -0.05) is 18.0 Å². The smallest absolute Gasteiger partial charge is 0.312 e. The lowest BCUT2D eigenvalue weighted by atomic mass is 9.82. The normalized spacial score (nSPS) is 16.3. The fourth-order valence-electron chi connectivity index (χ4n) is 2.07. The molecule has 0 aliphatic heterocycles. The van der Waals surface area contributed by atoms with Gasteiger partial charge in [-0.2, -0.15) is 5.26 Å². The van der Waals surface area contributed by atoms with E-state index in [0.717, 1.165) is 18.9 Å². The third-order valence-corrected chi connectivity index (χ3v) is 3.81. The van der Waals surface area contributed by atoms with Crippen LogP contribution >= 0.6 is 11.6 Å². The number of nitro groups is 1. The highest BCUT2D eigenvalue weighted by Crippen LogP contribution is 2.37. The summed E-state index contributed by atoms with van der Waals surface area (Å²) < 4.78 is 5.66. The van der Waals surface area contributed by atoms with E-state index in [0.29, 0.717) is 5.92 Å². The van der Waals surface area contributed by atoms with Crippen molar-refractivity contribution in [1.82, 2.24) is 0 Å². The summed E-state index contributed by atoms with van der Waals surface area (Å²) in [6.07, 6.45) is 3.25. The van der Waals surface area contributed by atoms with Gasteiger partial charge >= 0.3 is 5.69 Å². The number of nitriles is 1. The molecule has 2 rings (SSSR count). The Bertz CT molecular complexity index is 550. The lowest BCUT2D eigenvalue weighted by molar-refractivity contribution is -0.386. The molecule has 6 heteroatoms. The third kappa shape index (κ3) is 2.79. The Morgan fingerprint density at radius 2 is 2.26 bits per heavy atom. The molecule has 0 N–H and O–H groups in total. The van der Waals surface area contributed by atoms with Crippen LogP contribution in [0.5, 0.6) is 5.75 Å². The molecule has 100 valence electrons. The summed E-state index contributed by atoms with van der Waals surface area (Å²) in [6, 6.07) is 4.34. The van der Waals surface area contributed by atoms with Crippen LogP contribution < -0.4 is 4.74 Å². The number of hydrogen-bond acceptors (Lipinski definition) is 4. The molecule has 0 heterocycles. The van der Waals surface area contributed by atoms with Gasteiger partial charge in [0.25, 0.3) is 0 Å². The molecule has 0 aromatic heterocycles. The van der Waals surface area contributed by atoms with Gasteiger partial charge < -0.3 is 4.74 Å². The van der Waals surface area contributed by atoms with Gasteiger partial charge in [0, 0.05) is 12.1 Å². The standard InChI is InChI=1S/C13H13ClN2O3/c1-8(9-3-2-4-9)19-13-6-11(14)10(7-15)5-12(13)16(17)18/h5-6,8-9H,2-4H2,1H3/t8-/m0/s1. The zero-order valence-electron chi connectivity index (χ0n) is 10.4. The Morgan fingerprint density at radius 3 is 2.74 bits per heavy atom. The molecule has 0 unspecified atom stereocenters. The van der Waals surface area contributed by atoms with Crippen molar-refractivity contribution in [2.45, 2.75) is 32.3 Å². The average Bonchev–Trinajstić information content (AvgIpc) is 2.26. The van der Waals surface area contributed by atoms with Crippen LogP contribution in [0.2, 0.25) is 5.02 Å². The molecule has 1 aliphatic carbocycles. The highest BCUT2D eigenvalue weighted by atomic mass is 35.5. The lowest BCUT2D eigenvalue weighted by Gasteiger charge is -2.31. The van der Waals surface area contributed by atoms with Crippen LogP contribution in [-0.4, -0.2) is 11.0 Å². The van der Waals surface area contributed by atoms with E-state index in [1.165, 1.54) is 12.5 Å². The second-order valence-corrected chi connectivity index (χ2v) is 5.09. The summed E-state index contributed by atoms with van der Waals surface area (Å²) >= 11 is 5.89. The number of nitrogens with zero attached hydrogens (tertiary/aromatic N) is 2. The summed E-state index contributed by atoms with van der Waals surface area (Å²) in [5.74, 6) is 0.572. The van der Waals surface area contributed by atoms with Gasteiger partial charge in [-0.15, -0.1) is 0 Å². The van der Waals surface area contributed by atoms with Crippen LogP contribution in [0.3, 0.4) is 0 Å². The Kier molecular flexibility index (Phi) is 3.91. The molecule has 1 saturated carbocycles. The van der Waals surface area contributed by atoms with Crippen molar-refractivity contribution in [2.24, 2.45) is 5.92 Å². The van der Waals surface area contributed by atoms with Crippen LogP contribution in [0, 0.1) is 27.4 Å². The van der Waals surface area contributed by atoms with Crippen LogP contribution in [-0.2, 0) is 0 Å². The lowest BCUT2D eigenvalue weighted by Crippen LogP contribution is -2.29. The minimum atomic E-state index is -0.556. The van der Waals surface area contributed by atoms with Crippen molar-refractivity contribution in [3.8, 4) is 11.8 Å². The van der Waals surface area contributed by atoms with E-state index in [1.807, 2.05) is 13.0 Å². The first-order chi connectivity index (χ1) is 9.02. The quantitative estimate of drug-likeness (QED) is 0.622. The Hall–Kier alpha value is -1.80. The first kappa shape index (κ1) is 13.6. The number of halogens is 1. The number of ether oxygens (including phenoxy) is 1. The van der Waals surface area contributed by atoms with E-state index < -0.39 is 4.92 Å². The maximum Gasteiger partial charge on any atom is 0.312 e. The summed E-state index contributed by atoms with van der Waals surface area (Å²) in [6.45, 7) is 1.90. The van der Waals surface area contributed by atoms with Crippen LogP contribution in [0.4, 0.5) is 5.69 Å². The van der Waals surface area contributed by atoms with Gasteiger partial charge in [-0.3, -0.25) is 10.1 Å². The molecule has 1 aliphatic rings. The van der Waals surface area contributed by atoms with Gasteiger partial charge in [0.2, 0.25) is 0 Å². The SMILES string of the molecule is C[C@H](Oc1cc(Cl)c(C#N)cc1[N+](=O)[O-])C1CCC1. The third-order valence-electron chi connectivity index (χ3n) is 3.49. The molecule has 1 atom stereocenters. The van der Waals surface area contributed by atoms with E-state index >= 15 is 0 Å². The predicted molar refractivity (Wildman–Crippen MR) is 70.3 cm³/mol. The molecule has 1 aromatic carbocycles. The molecule has 0 amide bonds. The summed E-state index contributed by atoms with van der Waals surface area (Å²) in [5.41, 5.74) is -0.135. The monoisotopic (exact) mass is 280 g/mol. The number of nitro benzene ring substituents is 1. The average molecular weight is 281 g/mol. The number of rotatable bonds is 4. The van der Waals surface area contributed by atoms with Crippen LogP contribution in [0.1, 0.15) is 31.7 Å². The van der Waals surface area contributed by atoms with Gasteiger partial charge in [0.1, 0.15) is 6.07 Å². The molecule has 0 spiro atoms. The Labute approximate surface area is 115 Å². The first-order valence-corrected chi connectivity index (χ1v) is 6.45. The van der Waals surface area contributed by atoms with Crippen molar-refractivity contribution < 1.29 is 9.66 Å². The highest BCUT2D eigenvalue weighted by Gasteiger charge is 2.28. The Morgan fingerprint density at radius 1 is 1.58 bits per heavy atom. The second-order valence-electron chi connectivity index (χ2n) is 4.68. The molecular formula is C13H13ClN2O3. The van der Waals surface area contributed by atoms with Crippen molar-refractivity contribution >= 4 is 17.3 Å². The molecule has 0 saturated heterocycles. The van der Waals surface area contributed by atoms with Crippen LogP contribution in [0.15, 0.2) is 12.1 Å². The van der Waals surface area contributed by atoms with Crippen molar-refractivity contribution in [1.29, 1.82) is 5.26 Å². The first-order valence-electron chi connectivity index (χ1n) is 6.07. The van der Waals surface area contributed by atoms with E-state index in [-0.39, 0.29) is 28.1 Å². The molecule has 0 bridgehead atoms. The topological polar surface area (TPSA) is 76.2 Å². The molecular weight excluding hydrogens is 268 g/mol. The van der Waals surface area contributed by atoms with Crippen LogP contribution in [0.25, 0.3) is 0 Å². The van der Waals surface area contributed by atoms with Gasteiger partial charge in [-0.25, -0.2) is 0 Å². The largest absolute Gasteiger partial charge is 0.483 e. The summed E-state index contributed by atoms with van der Waals surface area (Å²) in [7, 11) is 0. The molecule has 1 aromatic rings. The molecule has 0 radical (unpaired) electrons. The zero-order chi connectivity index (χ0) is 14.0. The van der Waals surface area contributed by atoms with E-state index in [9.17, 15) is 10.1 Å². The number of hydrogen-bond donors (Lipinski definition) is 0. The second kappa shape index (κ2) is 5.45. The van der Waals surface area contributed by atoms with E-state index in [4.69, 9.17) is 21.6 Å². The fourth-order valence-corrected chi connectivity index (χ4v) is 2.27. The fraction of sp³-hybridized carbons (Fsp3) is 0.462. The molecule has 1 fully saturated rings. The molecule has 5 nitrogen and oxygen atoms in total. The maximum atomic E-state index is 11.0. The van der Waals surface area contributed by atoms with Crippen molar-refractivity contribution in [3.63, 3.8) is 0 Å².